The first-order valence-electron chi connectivity index (χ1n) is 10.1. The number of hydrazone groups is 1. The van der Waals surface area contributed by atoms with Gasteiger partial charge in [0, 0.05) is 36.4 Å². The second-order valence-electron chi connectivity index (χ2n) is 7.05. The van der Waals surface area contributed by atoms with Gasteiger partial charge in [-0.3, -0.25) is 4.79 Å². The average Bonchev–Trinajstić information content (AvgIpc) is 3.26. The van der Waals surface area contributed by atoms with Crippen molar-refractivity contribution < 1.29 is 14.6 Å². The lowest BCUT2D eigenvalue weighted by atomic mass is 10.0. The van der Waals surface area contributed by atoms with Crippen LogP contribution in [0.25, 0.3) is 0 Å². The molecule has 2 unspecified atom stereocenters. The Morgan fingerprint density at radius 3 is 2.60 bits per heavy atom. The molecule has 1 fully saturated rings. The van der Waals surface area contributed by atoms with Gasteiger partial charge in [-0.25, -0.2) is 16.3 Å². The molecule has 8 heteroatoms. The molecule has 3 rings (SSSR count). The number of nitrogens with one attached hydrogen (secondary N) is 3. The van der Waals surface area contributed by atoms with Gasteiger partial charge < -0.3 is 14.7 Å². The maximum absolute atomic E-state index is 12.4. The van der Waals surface area contributed by atoms with Gasteiger partial charge in [0.1, 0.15) is 17.5 Å². The quantitative estimate of drug-likeness (QED) is 0.393. The maximum Gasteiger partial charge on any atom is 0.258 e. The Morgan fingerprint density at radius 1 is 1.23 bits per heavy atom. The molecule has 160 valence electrons. The zero-order valence-electron chi connectivity index (χ0n) is 17.6. The number of anilines is 1. The smallest absolute Gasteiger partial charge is 0.258 e. The first-order valence-corrected chi connectivity index (χ1v) is 10.1. The van der Waals surface area contributed by atoms with Crippen LogP contribution in [0.4, 0.5) is 5.69 Å². The van der Waals surface area contributed by atoms with Gasteiger partial charge in [0.05, 0.1) is 13.3 Å². The van der Waals surface area contributed by atoms with Crippen molar-refractivity contribution in [1.29, 1.82) is 0 Å². The average molecular weight is 412 g/mol. The van der Waals surface area contributed by atoms with Gasteiger partial charge in [0.15, 0.2) is 0 Å². The van der Waals surface area contributed by atoms with Gasteiger partial charge in [-0.05, 0) is 50.1 Å². The van der Waals surface area contributed by atoms with Crippen LogP contribution >= 0.6 is 0 Å². The van der Waals surface area contributed by atoms with E-state index in [0.717, 1.165) is 30.1 Å². The fourth-order valence-electron chi connectivity index (χ4n) is 3.45. The van der Waals surface area contributed by atoms with E-state index in [0.29, 0.717) is 12.0 Å². The number of rotatable bonds is 8. The molecule has 8 nitrogen and oxygen atoms in total. The van der Waals surface area contributed by atoms with E-state index in [9.17, 15) is 9.90 Å². The highest BCUT2D eigenvalue weighted by atomic mass is 16.5. The van der Waals surface area contributed by atoms with Gasteiger partial charge in [-0.15, -0.1) is 0 Å². The summed E-state index contributed by atoms with van der Waals surface area (Å²) in [5, 5.41) is 14.2. The van der Waals surface area contributed by atoms with E-state index < -0.39 is 6.04 Å². The van der Waals surface area contributed by atoms with E-state index in [1.54, 1.807) is 19.2 Å². The van der Waals surface area contributed by atoms with Crippen LogP contribution in [0.5, 0.6) is 11.5 Å². The summed E-state index contributed by atoms with van der Waals surface area (Å²) in [4.78, 5) is 14.5. The molecule has 0 aromatic heterocycles. The Bertz CT molecular complexity index is 881. The lowest BCUT2D eigenvalue weighted by Gasteiger charge is -2.21. The molecular formula is C22H29N5O3. The van der Waals surface area contributed by atoms with Crippen molar-refractivity contribution in [2.75, 3.05) is 25.1 Å². The minimum Gasteiger partial charge on any atom is -0.507 e. The number of nitrogens with zero attached hydrogens (tertiary/aromatic N) is 2. The van der Waals surface area contributed by atoms with Crippen molar-refractivity contribution in [3.63, 3.8) is 0 Å². The number of hydrazine groups is 1. The standard InChI is InChI=1S/C22H29N5O3/c1-4-27(5-2)17-9-6-16(21(28)12-17)14-23-26-22(29)20-13-19(24-25-20)15-7-10-18(30-3)11-8-15/h6-12,14,19-20,24-25,28H,4-5,13H2,1-3H3,(H,26,29)/b23-14+. The number of carbonyl (C=O) groups excluding carboxylic acids is 1. The van der Waals surface area contributed by atoms with Crippen LogP contribution in [-0.2, 0) is 4.79 Å². The highest BCUT2D eigenvalue weighted by molar-refractivity contribution is 5.87. The van der Waals surface area contributed by atoms with E-state index >= 15 is 0 Å². The molecule has 2 aromatic carbocycles. The maximum atomic E-state index is 12.4. The predicted octanol–water partition coefficient (Wildman–Crippen LogP) is 2.30. The molecule has 30 heavy (non-hydrogen) atoms. The van der Waals surface area contributed by atoms with Crippen LogP contribution in [0.15, 0.2) is 47.6 Å². The van der Waals surface area contributed by atoms with Crippen LogP contribution in [-0.4, -0.2) is 43.5 Å². The molecule has 0 spiro atoms. The summed E-state index contributed by atoms with van der Waals surface area (Å²) >= 11 is 0. The number of benzene rings is 2. The van der Waals surface area contributed by atoms with Crippen molar-refractivity contribution in [1.82, 2.24) is 16.3 Å². The van der Waals surface area contributed by atoms with Gasteiger partial charge >= 0.3 is 0 Å². The summed E-state index contributed by atoms with van der Waals surface area (Å²) in [6.45, 7) is 5.85. The van der Waals surface area contributed by atoms with Crippen LogP contribution < -0.4 is 25.9 Å². The molecular weight excluding hydrogens is 382 g/mol. The summed E-state index contributed by atoms with van der Waals surface area (Å²) in [6.07, 6.45) is 2.04. The third-order valence-corrected chi connectivity index (χ3v) is 5.26. The second kappa shape index (κ2) is 10.1. The van der Waals surface area contributed by atoms with Gasteiger partial charge in [-0.2, -0.15) is 5.10 Å². The highest BCUT2D eigenvalue weighted by Crippen LogP contribution is 2.25. The third-order valence-electron chi connectivity index (χ3n) is 5.26. The number of ether oxygens (including phenoxy) is 1. The summed E-state index contributed by atoms with van der Waals surface area (Å²) < 4.78 is 5.17. The lowest BCUT2D eigenvalue weighted by molar-refractivity contribution is -0.122. The number of hydrogen-bond donors (Lipinski definition) is 4. The molecule has 0 saturated carbocycles. The van der Waals surface area contributed by atoms with E-state index in [-0.39, 0.29) is 17.7 Å². The van der Waals surface area contributed by atoms with Gasteiger partial charge in [0.2, 0.25) is 0 Å². The van der Waals surface area contributed by atoms with Crippen LogP contribution in [0, 0.1) is 0 Å². The lowest BCUT2D eigenvalue weighted by Crippen LogP contribution is -2.41. The molecule has 0 radical (unpaired) electrons. The van der Waals surface area contributed by atoms with Crippen molar-refractivity contribution in [3.8, 4) is 11.5 Å². The van der Waals surface area contributed by atoms with Crippen LogP contribution in [0.3, 0.4) is 0 Å². The van der Waals surface area contributed by atoms with Crippen molar-refractivity contribution in [2.24, 2.45) is 5.10 Å². The molecule has 2 aromatic rings. The predicted molar refractivity (Wildman–Crippen MR) is 118 cm³/mol. The minimum absolute atomic E-state index is 0.0206. The minimum atomic E-state index is -0.409. The normalized spacial score (nSPS) is 18.5. The van der Waals surface area contributed by atoms with Crippen molar-refractivity contribution >= 4 is 17.8 Å². The zero-order valence-corrected chi connectivity index (χ0v) is 17.6. The molecule has 1 aliphatic heterocycles. The third kappa shape index (κ3) is 5.08. The summed E-state index contributed by atoms with van der Waals surface area (Å²) in [7, 11) is 1.63. The Balaban J connectivity index is 1.54. The molecule has 0 aliphatic carbocycles. The molecule has 1 aliphatic rings. The Hall–Kier alpha value is -3.10. The van der Waals surface area contributed by atoms with E-state index in [1.807, 2.05) is 30.3 Å². The van der Waals surface area contributed by atoms with E-state index in [4.69, 9.17) is 4.74 Å². The summed E-state index contributed by atoms with van der Waals surface area (Å²) in [5.74, 6) is 0.674. The zero-order chi connectivity index (χ0) is 21.5. The number of aromatic hydroxyl groups is 1. The first-order chi connectivity index (χ1) is 14.5. The molecule has 1 heterocycles. The number of carbonyl (C=O) groups is 1. The SMILES string of the molecule is CCN(CC)c1ccc(/C=N/NC(=O)C2CC(c3ccc(OC)cc3)NN2)c(O)c1. The largest absolute Gasteiger partial charge is 0.507 e. The van der Waals surface area contributed by atoms with Crippen LogP contribution in [0.1, 0.15) is 37.4 Å². The van der Waals surface area contributed by atoms with Gasteiger partial charge in [-0.1, -0.05) is 12.1 Å². The number of phenols is 1. The molecule has 4 N–H and O–H groups in total. The molecule has 1 amide bonds. The molecule has 2 atom stereocenters. The Labute approximate surface area is 176 Å². The van der Waals surface area contributed by atoms with E-state index in [1.165, 1.54) is 6.21 Å². The summed E-state index contributed by atoms with van der Waals surface area (Å²) in [6, 6.07) is 12.8. The topological polar surface area (TPSA) is 98.2 Å². The number of methoxy groups -OCH3 is 1. The molecule has 1 saturated heterocycles. The monoisotopic (exact) mass is 411 g/mol. The summed E-state index contributed by atoms with van der Waals surface area (Å²) in [5.41, 5.74) is 11.2. The van der Waals surface area contributed by atoms with Crippen molar-refractivity contribution in [3.05, 3.63) is 53.6 Å². The highest BCUT2D eigenvalue weighted by Gasteiger charge is 2.30. The Kier molecular flexibility index (Phi) is 7.26. The first kappa shape index (κ1) is 21.6. The van der Waals surface area contributed by atoms with Gasteiger partial charge in [0.25, 0.3) is 5.91 Å². The molecule has 0 bridgehead atoms. The number of amides is 1. The Morgan fingerprint density at radius 2 is 1.97 bits per heavy atom. The fourth-order valence-corrected chi connectivity index (χ4v) is 3.45. The number of phenolic OH excluding ortho intramolecular Hbond substituents is 1. The fraction of sp³-hybridized carbons (Fsp3) is 0.364. The number of hydrogen-bond acceptors (Lipinski definition) is 7. The van der Waals surface area contributed by atoms with Crippen molar-refractivity contribution in [2.45, 2.75) is 32.4 Å². The van der Waals surface area contributed by atoms with Crippen LogP contribution in [0.2, 0.25) is 0 Å². The second-order valence-corrected chi connectivity index (χ2v) is 7.05. The van der Waals surface area contributed by atoms with E-state index in [2.05, 4.69) is 40.1 Å².